The average molecular weight is 333 g/mol. The number of rotatable bonds is 7. The summed E-state index contributed by atoms with van der Waals surface area (Å²) in [6.07, 6.45) is -0.616. The summed E-state index contributed by atoms with van der Waals surface area (Å²) in [5.41, 5.74) is 1.03. The molecule has 0 aliphatic carbocycles. The summed E-state index contributed by atoms with van der Waals surface area (Å²) in [6.45, 7) is 11.2. The minimum atomic E-state index is -0.616. The van der Waals surface area contributed by atoms with Gasteiger partial charge in [0.05, 0.1) is 6.54 Å². The molecule has 2 aromatic rings. The molecular formula is C18H27N3O3. The second-order valence-corrected chi connectivity index (χ2v) is 7.04. The van der Waals surface area contributed by atoms with Gasteiger partial charge in [-0.1, -0.05) is 17.7 Å². The highest BCUT2D eigenvalue weighted by Crippen LogP contribution is 2.18. The van der Waals surface area contributed by atoms with Gasteiger partial charge in [-0.3, -0.25) is 4.90 Å². The van der Waals surface area contributed by atoms with Gasteiger partial charge in [-0.15, -0.1) is 10.2 Å². The molecular weight excluding hydrogens is 306 g/mol. The van der Waals surface area contributed by atoms with Crippen LogP contribution in [0.5, 0.6) is 5.75 Å². The lowest BCUT2D eigenvalue weighted by atomic mass is 10.1. The Morgan fingerprint density at radius 2 is 1.83 bits per heavy atom. The Bertz CT molecular complexity index is 632. The highest BCUT2D eigenvalue weighted by molar-refractivity contribution is 5.26. The van der Waals surface area contributed by atoms with Gasteiger partial charge in [0, 0.05) is 19.0 Å². The van der Waals surface area contributed by atoms with Gasteiger partial charge in [0.15, 0.2) is 0 Å². The van der Waals surface area contributed by atoms with Gasteiger partial charge in [0.1, 0.15) is 18.5 Å². The highest BCUT2D eigenvalue weighted by Gasteiger charge is 2.26. The molecule has 0 aliphatic rings. The zero-order valence-corrected chi connectivity index (χ0v) is 15.1. The fourth-order valence-electron chi connectivity index (χ4n) is 2.27. The number of aryl methyl sites for hydroxylation is 2. The summed E-state index contributed by atoms with van der Waals surface area (Å²) in [4.78, 5) is 2.10. The van der Waals surface area contributed by atoms with Crippen molar-refractivity contribution in [3.05, 3.63) is 41.6 Å². The van der Waals surface area contributed by atoms with Crippen LogP contribution in [0.2, 0.25) is 0 Å². The van der Waals surface area contributed by atoms with Crippen molar-refractivity contribution < 1.29 is 14.3 Å². The van der Waals surface area contributed by atoms with Crippen LogP contribution in [0.4, 0.5) is 0 Å². The highest BCUT2D eigenvalue weighted by atomic mass is 16.5. The Hall–Kier alpha value is -1.92. The van der Waals surface area contributed by atoms with Crippen LogP contribution >= 0.6 is 0 Å². The van der Waals surface area contributed by atoms with Crippen LogP contribution in [-0.2, 0) is 6.54 Å². The van der Waals surface area contributed by atoms with Crippen LogP contribution in [-0.4, -0.2) is 45.0 Å². The average Bonchev–Trinajstić information content (AvgIpc) is 2.90. The Kier molecular flexibility index (Phi) is 5.96. The van der Waals surface area contributed by atoms with E-state index in [1.807, 2.05) is 31.2 Å². The molecule has 0 amide bonds. The van der Waals surface area contributed by atoms with Crippen LogP contribution in [0.25, 0.3) is 0 Å². The summed E-state index contributed by atoms with van der Waals surface area (Å²) in [6, 6.07) is 7.79. The molecule has 0 fully saturated rings. The van der Waals surface area contributed by atoms with Crippen molar-refractivity contribution in [3.8, 4) is 5.75 Å². The van der Waals surface area contributed by atoms with Gasteiger partial charge in [-0.2, -0.15) is 0 Å². The zero-order chi connectivity index (χ0) is 17.7. The second kappa shape index (κ2) is 7.77. The van der Waals surface area contributed by atoms with E-state index in [4.69, 9.17) is 9.15 Å². The minimum Gasteiger partial charge on any atom is -0.491 e. The van der Waals surface area contributed by atoms with E-state index in [0.717, 1.165) is 5.75 Å². The molecule has 1 aromatic heterocycles. The standard InChI is InChI=1S/C18H27N3O3/c1-13-6-8-16(9-7-13)23-12-15(22)10-21(18(3,4)5)11-17-20-19-14(2)24-17/h6-9,15,22H,10-12H2,1-5H3. The van der Waals surface area contributed by atoms with Gasteiger partial charge >= 0.3 is 0 Å². The van der Waals surface area contributed by atoms with Gasteiger partial charge in [-0.05, 0) is 39.8 Å². The fraction of sp³-hybridized carbons (Fsp3) is 0.556. The first-order chi connectivity index (χ1) is 11.2. The maximum Gasteiger partial charge on any atom is 0.230 e. The lowest BCUT2D eigenvalue weighted by Gasteiger charge is -2.35. The molecule has 1 aromatic carbocycles. The summed E-state index contributed by atoms with van der Waals surface area (Å²) in [5.74, 6) is 1.85. The molecule has 0 saturated carbocycles. The number of benzene rings is 1. The molecule has 0 saturated heterocycles. The molecule has 1 N–H and O–H groups in total. The van der Waals surface area contributed by atoms with Crippen molar-refractivity contribution in [2.75, 3.05) is 13.2 Å². The minimum absolute atomic E-state index is 0.146. The predicted octanol–water partition coefficient (Wildman–Crippen LogP) is 2.73. The predicted molar refractivity (Wildman–Crippen MR) is 91.9 cm³/mol. The SMILES string of the molecule is Cc1ccc(OCC(O)CN(Cc2nnc(C)o2)C(C)(C)C)cc1. The van der Waals surface area contributed by atoms with Crippen LogP contribution in [0.3, 0.4) is 0 Å². The van der Waals surface area contributed by atoms with Crippen molar-refractivity contribution >= 4 is 0 Å². The normalized spacial score (nSPS) is 13.3. The van der Waals surface area contributed by atoms with Crippen LogP contribution in [0.1, 0.15) is 38.1 Å². The van der Waals surface area contributed by atoms with E-state index in [0.29, 0.717) is 24.9 Å². The second-order valence-electron chi connectivity index (χ2n) is 7.04. The fourth-order valence-corrected chi connectivity index (χ4v) is 2.27. The molecule has 0 spiro atoms. The van der Waals surface area contributed by atoms with Crippen molar-refractivity contribution in [2.45, 2.75) is 52.8 Å². The number of aliphatic hydroxyl groups excluding tert-OH is 1. The molecule has 1 atom stereocenters. The van der Waals surface area contributed by atoms with Crippen molar-refractivity contribution in [2.24, 2.45) is 0 Å². The summed E-state index contributed by atoms with van der Waals surface area (Å²) >= 11 is 0. The van der Waals surface area contributed by atoms with Crippen LogP contribution in [0.15, 0.2) is 28.7 Å². The Morgan fingerprint density at radius 1 is 1.17 bits per heavy atom. The van der Waals surface area contributed by atoms with Gasteiger partial charge in [0.25, 0.3) is 0 Å². The number of nitrogens with zero attached hydrogens (tertiary/aromatic N) is 3. The number of aliphatic hydroxyl groups is 1. The van der Waals surface area contributed by atoms with Crippen LogP contribution < -0.4 is 4.74 Å². The molecule has 2 rings (SSSR count). The third kappa shape index (κ3) is 5.62. The maximum absolute atomic E-state index is 10.3. The summed E-state index contributed by atoms with van der Waals surface area (Å²) in [7, 11) is 0. The molecule has 0 radical (unpaired) electrons. The summed E-state index contributed by atoms with van der Waals surface area (Å²) < 4.78 is 11.1. The first-order valence-corrected chi connectivity index (χ1v) is 8.15. The molecule has 24 heavy (non-hydrogen) atoms. The molecule has 0 aliphatic heterocycles. The Labute approximate surface area is 143 Å². The largest absolute Gasteiger partial charge is 0.491 e. The topological polar surface area (TPSA) is 71.6 Å². The van der Waals surface area contributed by atoms with E-state index in [9.17, 15) is 5.11 Å². The lowest BCUT2D eigenvalue weighted by molar-refractivity contribution is 0.0240. The number of β-amino-alcohol motifs (C(OH)–C–C–N with tert-alkyl or cyclic N) is 1. The van der Waals surface area contributed by atoms with Gasteiger partial charge < -0.3 is 14.3 Å². The first kappa shape index (κ1) is 18.4. The number of hydrogen-bond acceptors (Lipinski definition) is 6. The summed E-state index contributed by atoms with van der Waals surface area (Å²) in [5, 5.41) is 18.2. The number of ether oxygens (including phenoxy) is 1. The van der Waals surface area contributed by atoms with E-state index < -0.39 is 6.10 Å². The van der Waals surface area contributed by atoms with Crippen molar-refractivity contribution in [1.29, 1.82) is 0 Å². The van der Waals surface area contributed by atoms with Crippen LogP contribution in [0, 0.1) is 13.8 Å². The molecule has 6 heteroatoms. The molecule has 0 bridgehead atoms. The van der Waals surface area contributed by atoms with Gasteiger partial charge in [-0.25, -0.2) is 0 Å². The van der Waals surface area contributed by atoms with Gasteiger partial charge in [0.2, 0.25) is 11.8 Å². The Balaban J connectivity index is 1.91. The van der Waals surface area contributed by atoms with E-state index in [1.165, 1.54) is 5.56 Å². The Morgan fingerprint density at radius 3 is 2.38 bits per heavy atom. The zero-order valence-electron chi connectivity index (χ0n) is 15.1. The molecule has 1 unspecified atom stereocenters. The van der Waals surface area contributed by atoms with E-state index in [1.54, 1.807) is 6.92 Å². The number of hydrogen-bond donors (Lipinski definition) is 1. The molecule has 132 valence electrons. The van der Waals surface area contributed by atoms with Crippen molar-refractivity contribution in [1.82, 2.24) is 15.1 Å². The van der Waals surface area contributed by atoms with E-state index in [2.05, 4.69) is 35.9 Å². The van der Waals surface area contributed by atoms with Crippen molar-refractivity contribution in [3.63, 3.8) is 0 Å². The molecule has 6 nitrogen and oxygen atoms in total. The molecule has 1 heterocycles. The lowest BCUT2D eigenvalue weighted by Crippen LogP contribution is -2.46. The number of aromatic nitrogens is 2. The maximum atomic E-state index is 10.3. The third-order valence-electron chi connectivity index (χ3n) is 3.74. The third-order valence-corrected chi connectivity index (χ3v) is 3.74. The smallest absolute Gasteiger partial charge is 0.230 e. The quantitative estimate of drug-likeness (QED) is 0.840. The van der Waals surface area contributed by atoms with E-state index >= 15 is 0 Å². The monoisotopic (exact) mass is 333 g/mol. The first-order valence-electron chi connectivity index (χ1n) is 8.15. The van der Waals surface area contributed by atoms with E-state index in [-0.39, 0.29) is 12.1 Å².